The Labute approximate surface area is 125 Å². The summed E-state index contributed by atoms with van der Waals surface area (Å²) in [5.41, 5.74) is 3.41. The summed E-state index contributed by atoms with van der Waals surface area (Å²) in [5, 5.41) is 0. The van der Waals surface area contributed by atoms with Crippen molar-refractivity contribution >= 4 is 10.1 Å². The van der Waals surface area contributed by atoms with Crippen LogP contribution in [-0.4, -0.2) is 18.0 Å². The first-order chi connectivity index (χ1) is 9.82. The van der Waals surface area contributed by atoms with Crippen LogP contribution in [0.2, 0.25) is 0 Å². The van der Waals surface area contributed by atoms with Gasteiger partial charge in [-0.2, -0.15) is 8.42 Å². The molecule has 0 saturated carbocycles. The van der Waals surface area contributed by atoms with E-state index in [-0.39, 0.29) is 10.8 Å². The Kier molecular flexibility index (Phi) is 4.44. The Morgan fingerprint density at radius 2 is 1.95 bits per heavy atom. The zero-order valence-electron chi connectivity index (χ0n) is 12.4. The van der Waals surface area contributed by atoms with Crippen LogP contribution < -0.4 is 0 Å². The van der Waals surface area contributed by atoms with Crippen LogP contribution in [-0.2, 0) is 16.5 Å². The molecule has 0 aliphatic rings. The van der Waals surface area contributed by atoms with Crippen LogP contribution in [0.25, 0.3) is 0 Å². The fourth-order valence-electron chi connectivity index (χ4n) is 2.30. The van der Waals surface area contributed by atoms with Gasteiger partial charge in [0.2, 0.25) is 0 Å². The number of pyridine rings is 1. The van der Waals surface area contributed by atoms with E-state index in [1.54, 1.807) is 18.3 Å². The van der Waals surface area contributed by atoms with Crippen molar-refractivity contribution in [3.8, 4) is 0 Å². The van der Waals surface area contributed by atoms with Gasteiger partial charge in [-0.3, -0.25) is 9.54 Å². The monoisotopic (exact) mass is 305 g/mol. The van der Waals surface area contributed by atoms with Crippen LogP contribution >= 0.6 is 0 Å². The summed E-state index contributed by atoms with van der Waals surface area (Å²) in [6, 6.07) is 8.79. The van der Waals surface area contributed by atoms with E-state index in [4.69, 9.17) is 0 Å². The molecule has 0 bridgehead atoms. The van der Waals surface area contributed by atoms with Crippen molar-refractivity contribution in [2.75, 3.05) is 0 Å². The second-order valence-corrected chi connectivity index (χ2v) is 6.57. The van der Waals surface area contributed by atoms with Crippen molar-refractivity contribution in [2.45, 2.75) is 38.0 Å². The van der Waals surface area contributed by atoms with Crippen LogP contribution in [0.3, 0.4) is 0 Å². The van der Waals surface area contributed by atoms with Gasteiger partial charge >= 0.3 is 0 Å². The Bertz CT molecular complexity index is 737. The normalized spacial score (nSPS) is 13.1. The molecular formula is C16H19NO3S. The highest BCUT2D eigenvalue weighted by atomic mass is 32.2. The Morgan fingerprint density at radius 1 is 1.24 bits per heavy atom. The number of aryl methyl sites for hydroxylation is 2. The van der Waals surface area contributed by atoms with E-state index in [9.17, 15) is 13.0 Å². The quantitative estimate of drug-likeness (QED) is 0.880. The molecule has 0 aliphatic heterocycles. The molecule has 1 atom stereocenters. The number of nitrogens with zero attached hydrogens (tertiary/aromatic N) is 1. The van der Waals surface area contributed by atoms with Crippen molar-refractivity contribution in [2.24, 2.45) is 0 Å². The average Bonchev–Trinajstić information content (AvgIpc) is 2.45. The molecule has 112 valence electrons. The number of hydrogen-bond donors (Lipinski definition) is 1. The number of rotatable bonds is 4. The highest BCUT2D eigenvalue weighted by molar-refractivity contribution is 7.85. The first kappa shape index (κ1) is 15.7. The van der Waals surface area contributed by atoms with Gasteiger partial charge in [-0.1, -0.05) is 37.6 Å². The molecule has 4 nitrogen and oxygen atoms in total. The first-order valence-corrected chi connectivity index (χ1v) is 8.29. The lowest BCUT2D eigenvalue weighted by Gasteiger charge is -2.16. The third-order valence-corrected chi connectivity index (χ3v) is 4.54. The summed E-state index contributed by atoms with van der Waals surface area (Å²) >= 11 is 0. The van der Waals surface area contributed by atoms with Gasteiger partial charge in [0.25, 0.3) is 10.1 Å². The van der Waals surface area contributed by atoms with E-state index in [1.165, 1.54) is 6.07 Å². The van der Waals surface area contributed by atoms with Crippen molar-refractivity contribution in [1.29, 1.82) is 0 Å². The van der Waals surface area contributed by atoms with Gasteiger partial charge in [0, 0.05) is 17.8 Å². The molecule has 1 aromatic heterocycles. The van der Waals surface area contributed by atoms with Crippen LogP contribution in [0.4, 0.5) is 0 Å². The van der Waals surface area contributed by atoms with E-state index in [1.807, 2.05) is 26.0 Å². The van der Waals surface area contributed by atoms with Crippen LogP contribution in [0.1, 0.15) is 42.1 Å². The third-order valence-electron chi connectivity index (χ3n) is 3.61. The summed E-state index contributed by atoms with van der Waals surface area (Å²) in [4.78, 5) is 4.35. The van der Waals surface area contributed by atoms with E-state index in [0.717, 1.165) is 23.2 Å². The highest BCUT2D eigenvalue weighted by Crippen LogP contribution is 2.29. The lowest BCUT2D eigenvalue weighted by atomic mass is 9.95. The van der Waals surface area contributed by atoms with Crippen LogP contribution in [0, 0.1) is 6.92 Å². The van der Waals surface area contributed by atoms with Gasteiger partial charge in [-0.15, -0.1) is 0 Å². The summed E-state index contributed by atoms with van der Waals surface area (Å²) < 4.78 is 32.5. The minimum absolute atomic E-state index is 0.0537. The summed E-state index contributed by atoms with van der Waals surface area (Å²) in [6.45, 7) is 5.83. The molecule has 0 fully saturated rings. The summed E-state index contributed by atoms with van der Waals surface area (Å²) in [5.74, 6) is -0.215. The fourth-order valence-corrected chi connectivity index (χ4v) is 3.08. The van der Waals surface area contributed by atoms with E-state index < -0.39 is 10.1 Å². The third kappa shape index (κ3) is 3.49. The molecular weight excluding hydrogens is 286 g/mol. The van der Waals surface area contributed by atoms with Crippen molar-refractivity contribution in [1.82, 2.24) is 4.98 Å². The number of aromatic nitrogens is 1. The fraction of sp³-hybridized carbons (Fsp3) is 0.312. The molecule has 1 aromatic carbocycles. The predicted octanol–water partition coefficient (Wildman–Crippen LogP) is 3.35. The minimum atomic E-state index is -4.24. The van der Waals surface area contributed by atoms with Crippen molar-refractivity contribution in [3.63, 3.8) is 0 Å². The van der Waals surface area contributed by atoms with E-state index in [0.29, 0.717) is 5.56 Å². The summed E-state index contributed by atoms with van der Waals surface area (Å²) in [6.07, 6.45) is 2.71. The standard InChI is InChI=1S/C16H19NO3S/c1-4-13-6-7-15(17-10-13)12(3)14-9-11(2)5-8-16(14)21(18,19)20/h5-10,12H,4H2,1-3H3,(H,18,19,20). The second-order valence-electron chi connectivity index (χ2n) is 5.18. The minimum Gasteiger partial charge on any atom is -0.282 e. The van der Waals surface area contributed by atoms with Crippen LogP contribution in [0.5, 0.6) is 0 Å². The molecule has 0 radical (unpaired) electrons. The van der Waals surface area contributed by atoms with Crippen LogP contribution in [0.15, 0.2) is 41.4 Å². The lowest BCUT2D eigenvalue weighted by molar-refractivity contribution is 0.481. The van der Waals surface area contributed by atoms with E-state index >= 15 is 0 Å². The molecule has 2 aromatic rings. The maximum absolute atomic E-state index is 11.5. The molecule has 2 rings (SSSR count). The van der Waals surface area contributed by atoms with Crippen molar-refractivity contribution < 1.29 is 13.0 Å². The largest absolute Gasteiger partial charge is 0.294 e. The molecule has 0 amide bonds. The Morgan fingerprint density at radius 3 is 2.48 bits per heavy atom. The number of benzene rings is 1. The van der Waals surface area contributed by atoms with Gasteiger partial charge in [0.05, 0.1) is 4.90 Å². The van der Waals surface area contributed by atoms with E-state index in [2.05, 4.69) is 11.9 Å². The van der Waals surface area contributed by atoms with Crippen molar-refractivity contribution in [3.05, 3.63) is 58.9 Å². The molecule has 0 spiro atoms. The first-order valence-electron chi connectivity index (χ1n) is 6.85. The summed E-state index contributed by atoms with van der Waals surface area (Å²) in [7, 11) is -4.24. The topological polar surface area (TPSA) is 67.3 Å². The second kappa shape index (κ2) is 5.95. The van der Waals surface area contributed by atoms with Gasteiger partial charge in [0.15, 0.2) is 0 Å². The molecule has 0 saturated heterocycles. The average molecular weight is 305 g/mol. The van der Waals surface area contributed by atoms with Gasteiger partial charge in [0.1, 0.15) is 0 Å². The highest BCUT2D eigenvalue weighted by Gasteiger charge is 2.21. The maximum Gasteiger partial charge on any atom is 0.294 e. The molecule has 5 heteroatoms. The molecule has 1 heterocycles. The lowest BCUT2D eigenvalue weighted by Crippen LogP contribution is -2.08. The molecule has 21 heavy (non-hydrogen) atoms. The number of hydrogen-bond acceptors (Lipinski definition) is 3. The molecule has 0 aliphatic carbocycles. The SMILES string of the molecule is CCc1ccc(C(C)c2cc(C)ccc2S(=O)(=O)O)nc1. The van der Waals surface area contributed by atoms with Gasteiger partial charge in [-0.25, -0.2) is 0 Å². The zero-order valence-corrected chi connectivity index (χ0v) is 13.2. The molecule has 1 unspecified atom stereocenters. The van der Waals surface area contributed by atoms with Gasteiger partial charge < -0.3 is 0 Å². The Balaban J connectivity index is 2.51. The predicted molar refractivity (Wildman–Crippen MR) is 82.1 cm³/mol. The Hall–Kier alpha value is -1.72. The zero-order chi connectivity index (χ0) is 15.6. The maximum atomic E-state index is 11.5. The van der Waals surface area contributed by atoms with Gasteiger partial charge in [-0.05, 0) is 36.6 Å². The smallest absolute Gasteiger partial charge is 0.282 e. The molecule has 1 N–H and O–H groups in total.